The largest absolute Gasteiger partial charge is 0.508 e. The molecule has 3 rings (SSSR count). The van der Waals surface area contributed by atoms with E-state index in [1.807, 2.05) is 6.20 Å². The monoisotopic (exact) mass is 275 g/mol. The minimum absolute atomic E-state index is 0.167. The van der Waals surface area contributed by atoms with Crippen LogP contribution in [0.15, 0.2) is 30.5 Å². The van der Waals surface area contributed by atoms with Crippen LogP contribution < -0.4 is 10.6 Å². The molecule has 1 aliphatic rings. The lowest BCUT2D eigenvalue weighted by molar-refractivity contribution is 0.262. The summed E-state index contributed by atoms with van der Waals surface area (Å²) in [5.74, 6) is 0.813. The molecule has 1 aliphatic carbocycles. The summed E-state index contributed by atoms with van der Waals surface area (Å²) in [6.07, 6.45) is 4.28. The maximum absolute atomic E-state index is 11.7. The molecule has 1 saturated carbocycles. The number of thiazole rings is 1. The van der Waals surface area contributed by atoms with Crippen LogP contribution in [0.4, 0.5) is 15.6 Å². The third-order valence-corrected chi connectivity index (χ3v) is 3.92. The predicted molar refractivity (Wildman–Crippen MR) is 74.8 cm³/mol. The molecular weight excluding hydrogens is 262 g/mol. The Labute approximate surface area is 114 Å². The molecule has 1 fully saturated rings. The quantitative estimate of drug-likeness (QED) is 0.752. The summed E-state index contributed by atoms with van der Waals surface area (Å²) in [6.45, 7) is 0. The molecule has 0 bridgehead atoms. The first kappa shape index (κ1) is 12.0. The topological polar surface area (TPSA) is 74.2 Å². The zero-order chi connectivity index (χ0) is 13.2. The Hall–Kier alpha value is -2.08. The second kappa shape index (κ2) is 4.89. The van der Waals surface area contributed by atoms with Crippen LogP contribution in [0.3, 0.4) is 0 Å². The highest BCUT2D eigenvalue weighted by molar-refractivity contribution is 7.15. The molecule has 1 aromatic heterocycles. The van der Waals surface area contributed by atoms with Gasteiger partial charge < -0.3 is 10.4 Å². The van der Waals surface area contributed by atoms with Crippen molar-refractivity contribution in [2.24, 2.45) is 0 Å². The van der Waals surface area contributed by atoms with E-state index in [0.29, 0.717) is 16.7 Å². The summed E-state index contributed by atoms with van der Waals surface area (Å²) < 4.78 is 0. The molecule has 2 aromatic rings. The van der Waals surface area contributed by atoms with E-state index in [0.717, 1.165) is 0 Å². The molecule has 98 valence electrons. The number of rotatable bonds is 3. The minimum atomic E-state index is -0.331. The van der Waals surface area contributed by atoms with Crippen LogP contribution in [0, 0.1) is 0 Å². The number of anilines is 2. The Morgan fingerprint density at radius 3 is 2.68 bits per heavy atom. The van der Waals surface area contributed by atoms with Gasteiger partial charge in [0.05, 0.1) is 0 Å². The molecule has 3 N–H and O–H groups in total. The zero-order valence-electron chi connectivity index (χ0n) is 10.1. The number of urea groups is 1. The van der Waals surface area contributed by atoms with E-state index in [2.05, 4.69) is 15.6 Å². The highest BCUT2D eigenvalue weighted by atomic mass is 32.1. The fourth-order valence-electron chi connectivity index (χ4n) is 1.71. The lowest BCUT2D eigenvalue weighted by Gasteiger charge is -2.05. The summed E-state index contributed by atoms with van der Waals surface area (Å²) in [4.78, 5) is 17.2. The number of hydrogen-bond donors (Lipinski definition) is 3. The number of carbonyl (C=O) groups excluding carboxylic acids is 1. The van der Waals surface area contributed by atoms with Gasteiger partial charge in [-0.25, -0.2) is 9.78 Å². The van der Waals surface area contributed by atoms with E-state index < -0.39 is 0 Å². The van der Waals surface area contributed by atoms with Gasteiger partial charge in [-0.1, -0.05) is 0 Å². The van der Waals surface area contributed by atoms with Crippen molar-refractivity contribution in [3.05, 3.63) is 35.3 Å². The van der Waals surface area contributed by atoms with Crippen LogP contribution in [0.25, 0.3) is 0 Å². The van der Waals surface area contributed by atoms with Gasteiger partial charge in [-0.15, -0.1) is 11.3 Å². The summed E-state index contributed by atoms with van der Waals surface area (Å²) in [5, 5.41) is 15.1. The average Bonchev–Trinajstić information content (AvgIpc) is 3.14. The Balaban J connectivity index is 1.59. The SMILES string of the molecule is O=C(Nc1ccc(O)cc1)Nc1ncc(C2CC2)s1. The molecule has 0 radical (unpaired) electrons. The number of aromatic hydroxyl groups is 1. The van der Waals surface area contributed by atoms with Crippen LogP contribution >= 0.6 is 11.3 Å². The molecule has 1 aromatic carbocycles. The van der Waals surface area contributed by atoms with Gasteiger partial charge in [0.2, 0.25) is 0 Å². The van der Waals surface area contributed by atoms with E-state index in [-0.39, 0.29) is 11.8 Å². The Morgan fingerprint density at radius 2 is 2.00 bits per heavy atom. The molecular formula is C13H13N3O2S. The smallest absolute Gasteiger partial charge is 0.325 e. The first-order valence-electron chi connectivity index (χ1n) is 6.03. The third kappa shape index (κ3) is 3.03. The van der Waals surface area contributed by atoms with Crippen molar-refractivity contribution in [1.82, 2.24) is 4.98 Å². The highest BCUT2D eigenvalue weighted by Gasteiger charge is 2.25. The number of nitrogens with one attached hydrogen (secondary N) is 2. The van der Waals surface area contributed by atoms with Crippen LogP contribution in [-0.4, -0.2) is 16.1 Å². The van der Waals surface area contributed by atoms with E-state index in [9.17, 15) is 4.79 Å². The minimum Gasteiger partial charge on any atom is -0.508 e. The molecule has 0 spiro atoms. The van der Waals surface area contributed by atoms with Crippen molar-refractivity contribution < 1.29 is 9.90 Å². The fourth-order valence-corrected chi connectivity index (χ4v) is 2.69. The van der Waals surface area contributed by atoms with Gasteiger partial charge in [0.1, 0.15) is 5.75 Å². The van der Waals surface area contributed by atoms with E-state index >= 15 is 0 Å². The van der Waals surface area contributed by atoms with Gasteiger partial charge in [-0.2, -0.15) is 0 Å². The van der Waals surface area contributed by atoms with E-state index in [4.69, 9.17) is 5.11 Å². The molecule has 0 aliphatic heterocycles. The first-order valence-corrected chi connectivity index (χ1v) is 6.85. The second-order valence-electron chi connectivity index (χ2n) is 4.47. The van der Waals surface area contributed by atoms with Crippen molar-refractivity contribution >= 4 is 28.2 Å². The van der Waals surface area contributed by atoms with Crippen molar-refractivity contribution in [2.75, 3.05) is 10.6 Å². The lowest BCUT2D eigenvalue weighted by atomic mass is 10.3. The van der Waals surface area contributed by atoms with Crippen LogP contribution in [0.2, 0.25) is 0 Å². The number of nitrogens with zero attached hydrogens (tertiary/aromatic N) is 1. The van der Waals surface area contributed by atoms with Crippen LogP contribution in [-0.2, 0) is 0 Å². The predicted octanol–water partition coefficient (Wildman–Crippen LogP) is 3.37. The molecule has 19 heavy (non-hydrogen) atoms. The number of amides is 2. The normalized spacial score (nSPS) is 14.1. The highest BCUT2D eigenvalue weighted by Crippen LogP contribution is 2.43. The fraction of sp³-hybridized carbons (Fsp3) is 0.231. The second-order valence-corrected chi connectivity index (χ2v) is 5.53. The van der Waals surface area contributed by atoms with Gasteiger partial charge in [-0.3, -0.25) is 5.32 Å². The van der Waals surface area contributed by atoms with Crippen molar-refractivity contribution in [3.63, 3.8) is 0 Å². The summed E-state index contributed by atoms with van der Waals surface area (Å²) >= 11 is 1.52. The standard InChI is InChI=1S/C13H13N3O2S/c17-10-5-3-9(4-6-10)15-12(18)16-13-14-7-11(19-13)8-1-2-8/h3-8,17H,1-2H2,(H2,14,15,16,18). The number of phenolic OH excluding ortho intramolecular Hbond substituents is 1. The van der Waals surface area contributed by atoms with Gasteiger partial charge in [0.25, 0.3) is 0 Å². The number of phenols is 1. The Bertz CT molecular complexity index is 590. The van der Waals surface area contributed by atoms with Gasteiger partial charge in [0.15, 0.2) is 5.13 Å². The van der Waals surface area contributed by atoms with Crippen LogP contribution in [0.5, 0.6) is 5.75 Å². The maximum Gasteiger partial charge on any atom is 0.325 e. The molecule has 0 saturated heterocycles. The van der Waals surface area contributed by atoms with Gasteiger partial charge in [0, 0.05) is 16.8 Å². The summed E-state index contributed by atoms with van der Waals surface area (Å²) in [6, 6.07) is 5.97. The van der Waals surface area contributed by atoms with Crippen molar-refractivity contribution in [3.8, 4) is 5.75 Å². The molecule has 0 atom stereocenters. The van der Waals surface area contributed by atoms with Crippen molar-refractivity contribution in [1.29, 1.82) is 0 Å². The number of benzene rings is 1. The molecule has 0 unspecified atom stereocenters. The first-order chi connectivity index (χ1) is 9.20. The van der Waals surface area contributed by atoms with Gasteiger partial charge >= 0.3 is 6.03 Å². The number of hydrogen-bond acceptors (Lipinski definition) is 4. The third-order valence-electron chi connectivity index (χ3n) is 2.85. The molecule has 6 heteroatoms. The number of aromatic nitrogens is 1. The van der Waals surface area contributed by atoms with Gasteiger partial charge in [-0.05, 0) is 43.0 Å². The Morgan fingerprint density at radius 1 is 1.26 bits per heavy atom. The summed E-state index contributed by atoms with van der Waals surface area (Å²) in [5.41, 5.74) is 0.620. The van der Waals surface area contributed by atoms with Crippen molar-refractivity contribution in [2.45, 2.75) is 18.8 Å². The molecule has 2 amide bonds. The Kier molecular flexibility index (Phi) is 3.08. The maximum atomic E-state index is 11.7. The van der Waals surface area contributed by atoms with Crippen LogP contribution in [0.1, 0.15) is 23.6 Å². The zero-order valence-corrected chi connectivity index (χ0v) is 10.9. The molecule has 1 heterocycles. The van der Waals surface area contributed by atoms with E-state index in [1.165, 1.54) is 41.2 Å². The lowest BCUT2D eigenvalue weighted by Crippen LogP contribution is -2.19. The molecule has 5 nitrogen and oxygen atoms in total. The summed E-state index contributed by atoms with van der Waals surface area (Å²) in [7, 11) is 0. The average molecular weight is 275 g/mol. The number of carbonyl (C=O) groups is 1. The van der Waals surface area contributed by atoms with E-state index in [1.54, 1.807) is 12.1 Å².